The molecular weight excluding hydrogens is 384 g/mol. The molecule has 4 rings (SSSR count). The molecule has 2 bridgehead atoms. The molecule has 3 aliphatic rings. The summed E-state index contributed by atoms with van der Waals surface area (Å²) < 4.78 is 55.3. The van der Waals surface area contributed by atoms with Crippen molar-refractivity contribution in [2.24, 2.45) is 17.8 Å². The van der Waals surface area contributed by atoms with Crippen LogP contribution in [0.3, 0.4) is 0 Å². The van der Waals surface area contributed by atoms with Crippen molar-refractivity contribution in [1.82, 2.24) is 9.03 Å². The van der Waals surface area contributed by atoms with Gasteiger partial charge in [0.2, 0.25) is 20.0 Å². The molecule has 0 radical (unpaired) electrons. The van der Waals surface area contributed by atoms with Crippen molar-refractivity contribution < 1.29 is 16.8 Å². The minimum atomic E-state index is -3.62. The maximum Gasteiger partial charge on any atom is 0.243 e. The molecule has 6 nitrogen and oxygen atoms in total. The van der Waals surface area contributed by atoms with Crippen LogP contribution < -0.4 is 4.72 Å². The second-order valence-corrected chi connectivity index (χ2v) is 12.1. The van der Waals surface area contributed by atoms with E-state index >= 15 is 0 Å². The Balaban J connectivity index is 1.48. The van der Waals surface area contributed by atoms with Crippen molar-refractivity contribution in [1.29, 1.82) is 0 Å². The summed E-state index contributed by atoms with van der Waals surface area (Å²) in [4.78, 5) is 0.299. The Morgan fingerprint density at radius 2 is 1.52 bits per heavy atom. The van der Waals surface area contributed by atoms with Crippen LogP contribution in [-0.2, 0) is 20.0 Å². The Morgan fingerprint density at radius 1 is 0.889 bits per heavy atom. The van der Waals surface area contributed by atoms with E-state index in [2.05, 4.69) is 11.6 Å². The van der Waals surface area contributed by atoms with Crippen LogP contribution in [0.25, 0.3) is 0 Å². The van der Waals surface area contributed by atoms with Crippen molar-refractivity contribution in [3.05, 3.63) is 24.3 Å². The first-order valence-corrected chi connectivity index (χ1v) is 12.8. The number of hydrogen-bond donors (Lipinski definition) is 1. The van der Waals surface area contributed by atoms with Gasteiger partial charge in [-0.15, -0.1) is 0 Å². The Morgan fingerprint density at radius 3 is 2.07 bits per heavy atom. The fourth-order valence-electron chi connectivity index (χ4n) is 4.82. The fourth-order valence-corrected chi connectivity index (χ4v) is 7.61. The Hall–Kier alpha value is -0.960. The molecule has 3 atom stereocenters. The van der Waals surface area contributed by atoms with Gasteiger partial charge in [-0.05, 0) is 74.1 Å². The highest BCUT2D eigenvalue weighted by atomic mass is 32.2. The van der Waals surface area contributed by atoms with Crippen LogP contribution in [0.5, 0.6) is 0 Å². The molecule has 1 aromatic carbocycles. The summed E-state index contributed by atoms with van der Waals surface area (Å²) in [5, 5.41) is 0. The fraction of sp³-hybridized carbons (Fsp3) is 0.684. The van der Waals surface area contributed by atoms with E-state index in [1.54, 1.807) is 0 Å². The standard InChI is InChI=1S/C19H28N2O4S2/c1-14-8-10-21(11-9-14)27(24,25)18-6-4-17(5-7-18)26(22,23)20-19-13-15-2-3-16(19)12-15/h4-7,14-16,19-20H,2-3,8-13H2,1H3/t15-,16+,19+/m0/s1. The normalized spacial score (nSPS) is 30.0. The molecule has 8 heteroatoms. The monoisotopic (exact) mass is 412 g/mol. The quantitative estimate of drug-likeness (QED) is 0.806. The molecule has 2 saturated carbocycles. The third-order valence-corrected chi connectivity index (χ3v) is 9.98. The summed E-state index contributed by atoms with van der Waals surface area (Å²) in [6.45, 7) is 3.18. The van der Waals surface area contributed by atoms with Crippen LogP contribution in [0.1, 0.15) is 45.4 Å². The van der Waals surface area contributed by atoms with E-state index in [1.807, 2.05) is 0 Å². The first-order chi connectivity index (χ1) is 12.8. The SMILES string of the molecule is CC1CCN(S(=O)(=O)c2ccc(S(=O)(=O)N[C@@H]3C[C@H]4CC[C@@H]3C4)cc2)CC1. The lowest BCUT2D eigenvalue weighted by Gasteiger charge is -2.29. The molecule has 0 unspecified atom stereocenters. The van der Waals surface area contributed by atoms with Gasteiger partial charge >= 0.3 is 0 Å². The molecule has 1 heterocycles. The number of nitrogens with zero attached hydrogens (tertiary/aromatic N) is 1. The molecule has 3 fully saturated rings. The highest BCUT2D eigenvalue weighted by molar-refractivity contribution is 7.89. The third-order valence-electron chi connectivity index (χ3n) is 6.56. The van der Waals surface area contributed by atoms with Crippen LogP contribution in [0.15, 0.2) is 34.1 Å². The zero-order valence-electron chi connectivity index (χ0n) is 15.7. The number of fused-ring (bicyclic) bond motifs is 2. The summed E-state index contributed by atoms with van der Waals surface area (Å²) >= 11 is 0. The van der Waals surface area contributed by atoms with Gasteiger partial charge in [0.25, 0.3) is 0 Å². The molecule has 2 aliphatic carbocycles. The molecule has 1 N–H and O–H groups in total. The minimum Gasteiger partial charge on any atom is -0.208 e. The van der Waals surface area contributed by atoms with Gasteiger partial charge in [-0.1, -0.05) is 13.3 Å². The van der Waals surface area contributed by atoms with Gasteiger partial charge in [-0.25, -0.2) is 21.6 Å². The van der Waals surface area contributed by atoms with Gasteiger partial charge in [0.15, 0.2) is 0 Å². The third kappa shape index (κ3) is 3.81. The van der Waals surface area contributed by atoms with Crippen LogP contribution in [0.4, 0.5) is 0 Å². The summed E-state index contributed by atoms with van der Waals surface area (Å²) in [6.07, 6.45) is 6.08. The molecule has 1 aliphatic heterocycles. The topological polar surface area (TPSA) is 83.6 Å². The van der Waals surface area contributed by atoms with E-state index < -0.39 is 20.0 Å². The zero-order valence-corrected chi connectivity index (χ0v) is 17.3. The predicted molar refractivity (Wildman–Crippen MR) is 103 cm³/mol. The first-order valence-electron chi connectivity index (χ1n) is 9.88. The van der Waals surface area contributed by atoms with E-state index in [1.165, 1.54) is 35.0 Å². The molecule has 0 amide bonds. The number of rotatable bonds is 5. The van der Waals surface area contributed by atoms with Crippen LogP contribution in [0, 0.1) is 17.8 Å². The summed E-state index contributed by atoms with van der Waals surface area (Å²) in [5.74, 6) is 1.65. The smallest absolute Gasteiger partial charge is 0.208 e. The van der Waals surface area contributed by atoms with E-state index in [0.717, 1.165) is 32.1 Å². The average Bonchev–Trinajstić information content (AvgIpc) is 3.25. The average molecular weight is 413 g/mol. The Labute approximate surface area is 162 Å². The number of piperidine rings is 1. The summed E-state index contributed by atoms with van der Waals surface area (Å²) in [6, 6.07) is 5.68. The lowest BCUT2D eigenvalue weighted by molar-refractivity contribution is 0.288. The summed E-state index contributed by atoms with van der Waals surface area (Å²) in [7, 11) is -7.18. The lowest BCUT2D eigenvalue weighted by Crippen LogP contribution is -2.38. The van der Waals surface area contributed by atoms with E-state index in [4.69, 9.17) is 0 Å². The van der Waals surface area contributed by atoms with Crippen LogP contribution in [0.2, 0.25) is 0 Å². The van der Waals surface area contributed by atoms with Gasteiger partial charge < -0.3 is 0 Å². The molecule has 150 valence electrons. The number of benzene rings is 1. The molecule has 0 aromatic heterocycles. The van der Waals surface area contributed by atoms with Crippen LogP contribution in [-0.4, -0.2) is 40.3 Å². The molecular formula is C19H28N2O4S2. The van der Waals surface area contributed by atoms with Crippen molar-refractivity contribution >= 4 is 20.0 Å². The highest BCUT2D eigenvalue weighted by Crippen LogP contribution is 2.44. The maximum atomic E-state index is 12.8. The lowest BCUT2D eigenvalue weighted by atomic mass is 9.96. The second kappa shape index (κ2) is 7.13. The Bertz CT molecular complexity index is 888. The maximum absolute atomic E-state index is 12.8. The van der Waals surface area contributed by atoms with Crippen molar-refractivity contribution in [3.63, 3.8) is 0 Å². The van der Waals surface area contributed by atoms with E-state index in [0.29, 0.717) is 30.8 Å². The molecule has 1 saturated heterocycles. The van der Waals surface area contributed by atoms with Gasteiger partial charge in [0.1, 0.15) is 0 Å². The van der Waals surface area contributed by atoms with Gasteiger partial charge in [-0.3, -0.25) is 0 Å². The van der Waals surface area contributed by atoms with Crippen LogP contribution >= 0.6 is 0 Å². The van der Waals surface area contributed by atoms with E-state index in [-0.39, 0.29) is 15.8 Å². The van der Waals surface area contributed by atoms with Gasteiger partial charge in [0, 0.05) is 19.1 Å². The van der Waals surface area contributed by atoms with Crippen molar-refractivity contribution in [2.75, 3.05) is 13.1 Å². The Kier molecular flexibility index (Phi) is 5.12. The van der Waals surface area contributed by atoms with E-state index in [9.17, 15) is 16.8 Å². The zero-order chi connectivity index (χ0) is 19.2. The van der Waals surface area contributed by atoms with Gasteiger partial charge in [0.05, 0.1) is 9.79 Å². The molecule has 0 spiro atoms. The summed E-state index contributed by atoms with van der Waals surface area (Å²) in [5.41, 5.74) is 0. The molecule has 1 aromatic rings. The largest absolute Gasteiger partial charge is 0.243 e. The van der Waals surface area contributed by atoms with Crippen molar-refractivity contribution in [3.8, 4) is 0 Å². The highest BCUT2D eigenvalue weighted by Gasteiger charge is 2.41. The predicted octanol–water partition coefficient (Wildman–Crippen LogP) is 2.57. The number of nitrogens with one attached hydrogen (secondary N) is 1. The minimum absolute atomic E-state index is 0.0208. The van der Waals surface area contributed by atoms with Crippen molar-refractivity contribution in [2.45, 2.75) is 61.3 Å². The number of hydrogen-bond acceptors (Lipinski definition) is 4. The molecule has 27 heavy (non-hydrogen) atoms. The first kappa shape index (κ1) is 19.4. The number of sulfonamides is 2. The van der Waals surface area contributed by atoms with Gasteiger partial charge in [-0.2, -0.15) is 4.31 Å². The second-order valence-electron chi connectivity index (χ2n) is 8.46.